The molecular formula is C18H22N2O4. The number of carboxylic acids is 1. The molecule has 0 aromatic heterocycles. The number of carbonyl (C=O) groups excluding carboxylic acids is 2. The van der Waals surface area contributed by atoms with Crippen molar-refractivity contribution in [2.24, 2.45) is 11.8 Å². The second kappa shape index (κ2) is 7.03. The van der Waals surface area contributed by atoms with Crippen LogP contribution < -0.4 is 5.32 Å². The van der Waals surface area contributed by atoms with E-state index in [0.717, 1.165) is 31.5 Å². The third-order valence-electron chi connectivity index (χ3n) is 4.76. The molecule has 1 aliphatic carbocycles. The van der Waals surface area contributed by atoms with Crippen LogP contribution >= 0.6 is 0 Å². The Morgan fingerprint density at radius 3 is 2.38 bits per heavy atom. The van der Waals surface area contributed by atoms with E-state index in [1.807, 2.05) is 30.3 Å². The summed E-state index contributed by atoms with van der Waals surface area (Å²) < 4.78 is 0. The Balaban J connectivity index is 1.68. The van der Waals surface area contributed by atoms with Crippen molar-refractivity contribution in [1.29, 1.82) is 0 Å². The van der Waals surface area contributed by atoms with Gasteiger partial charge in [-0.25, -0.2) is 0 Å². The molecule has 3 atom stereocenters. The normalized spacial score (nSPS) is 23.6. The molecule has 24 heavy (non-hydrogen) atoms. The minimum Gasteiger partial charge on any atom is -0.481 e. The summed E-state index contributed by atoms with van der Waals surface area (Å²) in [5.74, 6) is -2.45. The summed E-state index contributed by atoms with van der Waals surface area (Å²) in [5.41, 5.74) is 0.973. The number of carbonyl (C=O) groups is 3. The molecule has 0 spiro atoms. The van der Waals surface area contributed by atoms with Crippen LogP contribution in [0, 0.1) is 11.8 Å². The van der Waals surface area contributed by atoms with Gasteiger partial charge in [-0.3, -0.25) is 14.4 Å². The number of benzene rings is 1. The molecule has 128 valence electrons. The molecule has 2 aliphatic rings. The summed E-state index contributed by atoms with van der Waals surface area (Å²) in [6, 6.07) is 8.92. The fourth-order valence-corrected chi connectivity index (χ4v) is 3.24. The van der Waals surface area contributed by atoms with Crippen LogP contribution in [-0.2, 0) is 20.8 Å². The van der Waals surface area contributed by atoms with Crippen molar-refractivity contribution in [1.82, 2.24) is 10.2 Å². The number of likely N-dealkylation sites (tertiary alicyclic amines) is 1. The summed E-state index contributed by atoms with van der Waals surface area (Å²) in [5, 5.41) is 11.8. The average Bonchev–Trinajstić information content (AvgIpc) is 3.21. The van der Waals surface area contributed by atoms with E-state index >= 15 is 0 Å². The molecule has 2 fully saturated rings. The third-order valence-corrected chi connectivity index (χ3v) is 4.76. The van der Waals surface area contributed by atoms with E-state index in [4.69, 9.17) is 5.11 Å². The van der Waals surface area contributed by atoms with Crippen LogP contribution in [-0.4, -0.2) is 46.9 Å². The quantitative estimate of drug-likeness (QED) is 0.816. The molecule has 2 N–H and O–H groups in total. The molecular weight excluding hydrogens is 308 g/mol. The molecule has 1 heterocycles. The highest BCUT2D eigenvalue weighted by Gasteiger charge is 2.49. The maximum absolute atomic E-state index is 12.7. The molecule has 0 radical (unpaired) electrons. The highest BCUT2D eigenvalue weighted by atomic mass is 16.4. The summed E-state index contributed by atoms with van der Waals surface area (Å²) in [4.78, 5) is 37.8. The van der Waals surface area contributed by atoms with Crippen molar-refractivity contribution in [2.75, 3.05) is 13.1 Å². The predicted molar refractivity (Wildman–Crippen MR) is 87.1 cm³/mol. The monoisotopic (exact) mass is 330 g/mol. The van der Waals surface area contributed by atoms with E-state index in [2.05, 4.69) is 5.32 Å². The van der Waals surface area contributed by atoms with Gasteiger partial charge in [0.2, 0.25) is 11.8 Å². The molecule has 2 amide bonds. The predicted octanol–water partition coefficient (Wildman–Crippen LogP) is 1.06. The summed E-state index contributed by atoms with van der Waals surface area (Å²) >= 11 is 0. The fraction of sp³-hybridized carbons (Fsp3) is 0.500. The van der Waals surface area contributed by atoms with E-state index in [9.17, 15) is 14.4 Å². The van der Waals surface area contributed by atoms with Gasteiger partial charge >= 0.3 is 5.97 Å². The maximum Gasteiger partial charge on any atom is 0.307 e. The van der Waals surface area contributed by atoms with Crippen molar-refractivity contribution in [3.8, 4) is 0 Å². The van der Waals surface area contributed by atoms with Gasteiger partial charge in [-0.15, -0.1) is 0 Å². The highest BCUT2D eigenvalue weighted by Crippen LogP contribution is 2.38. The van der Waals surface area contributed by atoms with Crippen molar-refractivity contribution in [2.45, 2.75) is 31.7 Å². The molecule has 0 bridgehead atoms. The number of hydrogen-bond acceptors (Lipinski definition) is 3. The molecule has 3 rings (SSSR count). The lowest BCUT2D eigenvalue weighted by Crippen LogP contribution is -2.49. The Morgan fingerprint density at radius 1 is 1.12 bits per heavy atom. The van der Waals surface area contributed by atoms with Gasteiger partial charge in [-0.2, -0.15) is 0 Å². The number of nitrogens with zero attached hydrogens (tertiary/aromatic N) is 1. The first-order valence-corrected chi connectivity index (χ1v) is 8.42. The number of carboxylic acid groups (broad SMARTS) is 1. The molecule has 6 nitrogen and oxygen atoms in total. The smallest absolute Gasteiger partial charge is 0.307 e. The Kier molecular flexibility index (Phi) is 4.83. The molecule has 1 aliphatic heterocycles. The van der Waals surface area contributed by atoms with Crippen molar-refractivity contribution in [3.63, 3.8) is 0 Å². The lowest BCUT2D eigenvalue weighted by Gasteiger charge is -2.24. The maximum atomic E-state index is 12.7. The van der Waals surface area contributed by atoms with Gasteiger partial charge in [0.05, 0.1) is 11.8 Å². The van der Waals surface area contributed by atoms with Crippen LogP contribution in [0.15, 0.2) is 30.3 Å². The topological polar surface area (TPSA) is 86.7 Å². The summed E-state index contributed by atoms with van der Waals surface area (Å²) in [6.07, 6.45) is 2.76. The minimum atomic E-state index is -0.944. The summed E-state index contributed by atoms with van der Waals surface area (Å²) in [7, 11) is 0. The molecule has 1 aromatic carbocycles. The first-order valence-electron chi connectivity index (χ1n) is 8.42. The zero-order valence-electron chi connectivity index (χ0n) is 13.5. The molecule has 1 aromatic rings. The van der Waals surface area contributed by atoms with Gasteiger partial charge in [-0.1, -0.05) is 30.3 Å². The molecule has 6 heteroatoms. The number of amides is 2. The van der Waals surface area contributed by atoms with Crippen molar-refractivity contribution < 1.29 is 19.5 Å². The lowest BCUT2D eigenvalue weighted by atomic mass is 10.0. The standard InChI is InChI=1S/C18H22N2O4/c21-16(13-11-14(13)18(23)24)19-15(10-12-6-2-1-3-7-12)17(22)20-8-4-5-9-20/h1-3,6-7,13-15H,4-5,8-11H2,(H,19,21)(H,23,24)/t13-,14+,15-/m0/s1. The number of rotatable bonds is 6. The number of aliphatic carboxylic acids is 1. The van der Waals surface area contributed by atoms with Crippen molar-refractivity contribution in [3.05, 3.63) is 35.9 Å². The SMILES string of the molecule is O=C(N[C@@H](Cc1ccccc1)C(=O)N1CCCC1)[C@H]1C[C@H]1C(=O)O. The second-order valence-electron chi connectivity index (χ2n) is 6.57. The zero-order chi connectivity index (χ0) is 17.1. The fourth-order valence-electron chi connectivity index (χ4n) is 3.24. The van der Waals surface area contributed by atoms with Crippen molar-refractivity contribution >= 4 is 17.8 Å². The van der Waals surface area contributed by atoms with Crippen LogP contribution in [0.4, 0.5) is 0 Å². The lowest BCUT2D eigenvalue weighted by molar-refractivity contribution is -0.140. The van der Waals surface area contributed by atoms with Crippen LogP contribution in [0.1, 0.15) is 24.8 Å². The van der Waals surface area contributed by atoms with Crippen LogP contribution in [0.25, 0.3) is 0 Å². The summed E-state index contributed by atoms with van der Waals surface area (Å²) in [6.45, 7) is 1.45. The third kappa shape index (κ3) is 3.75. The number of nitrogens with one attached hydrogen (secondary N) is 1. The van der Waals surface area contributed by atoms with E-state index in [-0.39, 0.29) is 11.8 Å². The van der Waals surface area contributed by atoms with Gasteiger partial charge in [0.15, 0.2) is 0 Å². The van der Waals surface area contributed by atoms with Gasteiger partial charge < -0.3 is 15.3 Å². The Hall–Kier alpha value is -2.37. The Morgan fingerprint density at radius 2 is 1.79 bits per heavy atom. The van der Waals surface area contributed by atoms with Gasteiger partial charge in [-0.05, 0) is 24.8 Å². The second-order valence-corrected chi connectivity index (χ2v) is 6.57. The van der Waals surface area contributed by atoms with Crippen LogP contribution in [0.2, 0.25) is 0 Å². The molecule has 1 saturated heterocycles. The molecule has 0 unspecified atom stereocenters. The largest absolute Gasteiger partial charge is 0.481 e. The first-order chi connectivity index (χ1) is 11.6. The van der Waals surface area contributed by atoms with E-state index in [0.29, 0.717) is 12.8 Å². The minimum absolute atomic E-state index is 0.0720. The van der Waals surface area contributed by atoms with Crippen LogP contribution in [0.3, 0.4) is 0 Å². The van der Waals surface area contributed by atoms with E-state index in [1.54, 1.807) is 4.90 Å². The number of hydrogen-bond donors (Lipinski definition) is 2. The first kappa shape index (κ1) is 16.5. The zero-order valence-corrected chi connectivity index (χ0v) is 13.5. The van der Waals surface area contributed by atoms with E-state index < -0.39 is 23.8 Å². The Labute approximate surface area is 140 Å². The van der Waals surface area contributed by atoms with Gasteiger partial charge in [0.1, 0.15) is 6.04 Å². The van der Waals surface area contributed by atoms with E-state index in [1.165, 1.54) is 0 Å². The van der Waals surface area contributed by atoms with Crippen LogP contribution in [0.5, 0.6) is 0 Å². The highest BCUT2D eigenvalue weighted by molar-refractivity contribution is 5.93. The van der Waals surface area contributed by atoms with Gasteiger partial charge in [0.25, 0.3) is 0 Å². The Bertz CT molecular complexity index is 625. The van der Waals surface area contributed by atoms with Gasteiger partial charge in [0, 0.05) is 19.5 Å². The average molecular weight is 330 g/mol. The molecule has 1 saturated carbocycles.